The third kappa shape index (κ3) is 4.43. The van der Waals surface area contributed by atoms with Crippen LogP contribution in [0.5, 0.6) is 0 Å². The summed E-state index contributed by atoms with van der Waals surface area (Å²) in [6, 6.07) is 0.759. The zero-order chi connectivity index (χ0) is 12.8. The molecule has 0 aromatic heterocycles. The second-order valence-electron chi connectivity index (χ2n) is 6.04. The molecule has 0 amide bonds. The van der Waals surface area contributed by atoms with Gasteiger partial charge in [-0.15, -0.1) is 0 Å². The molecule has 2 aliphatic heterocycles. The van der Waals surface area contributed by atoms with E-state index in [0.717, 1.165) is 17.2 Å². The zero-order valence-electron chi connectivity index (χ0n) is 12.2. The Labute approximate surface area is 117 Å². The fourth-order valence-electron chi connectivity index (χ4n) is 3.46. The summed E-state index contributed by atoms with van der Waals surface area (Å²) >= 11 is 2.07. The van der Waals surface area contributed by atoms with Gasteiger partial charge < -0.3 is 10.2 Å². The highest BCUT2D eigenvalue weighted by Gasteiger charge is 2.23. The van der Waals surface area contributed by atoms with E-state index in [9.17, 15) is 0 Å². The molecule has 2 aliphatic rings. The van der Waals surface area contributed by atoms with Crippen LogP contribution >= 0.6 is 11.8 Å². The minimum Gasteiger partial charge on any atom is -0.313 e. The Kier molecular flexibility index (Phi) is 6.33. The van der Waals surface area contributed by atoms with Crippen LogP contribution in [0.15, 0.2) is 0 Å². The lowest BCUT2D eigenvalue weighted by molar-refractivity contribution is 0.204. The van der Waals surface area contributed by atoms with Gasteiger partial charge in [0.2, 0.25) is 0 Å². The molecule has 3 heteroatoms. The van der Waals surface area contributed by atoms with Crippen molar-refractivity contribution in [3.05, 3.63) is 0 Å². The Bertz CT molecular complexity index is 235. The summed E-state index contributed by atoms with van der Waals surface area (Å²) < 4.78 is 0. The van der Waals surface area contributed by atoms with Gasteiger partial charge in [0.15, 0.2) is 0 Å². The molecule has 0 saturated carbocycles. The molecule has 3 unspecified atom stereocenters. The molecule has 2 nitrogen and oxygen atoms in total. The smallest absolute Gasteiger partial charge is 0.0197 e. The molecule has 2 saturated heterocycles. The summed E-state index contributed by atoms with van der Waals surface area (Å²) in [4.78, 5) is 2.71. The van der Waals surface area contributed by atoms with E-state index < -0.39 is 0 Å². The molecule has 0 aromatic carbocycles. The van der Waals surface area contributed by atoms with Gasteiger partial charge in [0, 0.05) is 17.8 Å². The molecule has 2 heterocycles. The van der Waals surface area contributed by atoms with Crippen LogP contribution in [-0.4, -0.2) is 48.6 Å². The number of nitrogens with one attached hydrogen (secondary N) is 1. The number of rotatable bonds is 4. The van der Waals surface area contributed by atoms with Gasteiger partial charge >= 0.3 is 0 Å². The van der Waals surface area contributed by atoms with E-state index in [-0.39, 0.29) is 0 Å². The number of likely N-dealkylation sites (tertiary alicyclic amines) is 1. The third-order valence-electron chi connectivity index (χ3n) is 4.76. The Morgan fingerprint density at radius 2 is 2.11 bits per heavy atom. The van der Waals surface area contributed by atoms with E-state index in [4.69, 9.17) is 0 Å². The lowest BCUT2D eigenvalue weighted by Crippen LogP contribution is -2.46. The molecule has 0 spiro atoms. The fraction of sp³-hybridized carbons (Fsp3) is 1.00. The first-order valence-corrected chi connectivity index (χ1v) is 9.09. The number of nitrogens with zero attached hydrogens (tertiary/aromatic N) is 1. The van der Waals surface area contributed by atoms with Crippen molar-refractivity contribution in [1.82, 2.24) is 10.2 Å². The van der Waals surface area contributed by atoms with Gasteiger partial charge in [0.25, 0.3) is 0 Å². The van der Waals surface area contributed by atoms with Crippen molar-refractivity contribution in [2.75, 3.05) is 32.4 Å². The Morgan fingerprint density at radius 1 is 1.22 bits per heavy atom. The summed E-state index contributed by atoms with van der Waals surface area (Å²) in [5.74, 6) is 0.974. The van der Waals surface area contributed by atoms with Crippen LogP contribution in [0, 0.1) is 5.92 Å². The molecule has 2 rings (SSSR count). The second kappa shape index (κ2) is 7.76. The van der Waals surface area contributed by atoms with Crippen LogP contribution in [0.4, 0.5) is 0 Å². The summed E-state index contributed by atoms with van der Waals surface area (Å²) in [6.07, 6.45) is 10.6. The second-order valence-corrected chi connectivity index (χ2v) is 7.18. The van der Waals surface area contributed by atoms with Crippen LogP contribution in [0.3, 0.4) is 0 Å². The molecule has 18 heavy (non-hydrogen) atoms. The molecule has 106 valence electrons. The highest BCUT2D eigenvalue weighted by molar-refractivity contribution is 7.99. The van der Waals surface area contributed by atoms with Crippen molar-refractivity contribution in [2.45, 2.75) is 56.7 Å². The van der Waals surface area contributed by atoms with Crippen molar-refractivity contribution < 1.29 is 0 Å². The maximum absolute atomic E-state index is 3.73. The quantitative estimate of drug-likeness (QED) is 0.845. The number of thioether (sulfide) groups is 1. The predicted molar refractivity (Wildman–Crippen MR) is 82.4 cm³/mol. The van der Waals surface area contributed by atoms with Gasteiger partial charge in [-0.2, -0.15) is 11.8 Å². The van der Waals surface area contributed by atoms with Gasteiger partial charge in [-0.1, -0.05) is 13.3 Å². The van der Waals surface area contributed by atoms with E-state index in [2.05, 4.69) is 35.2 Å². The Morgan fingerprint density at radius 3 is 2.89 bits per heavy atom. The summed E-state index contributed by atoms with van der Waals surface area (Å²) in [5.41, 5.74) is 0. The summed E-state index contributed by atoms with van der Waals surface area (Å²) in [5, 5.41) is 4.64. The standard InChI is InChI=1S/C15H30N2S/c1-3-13-6-8-16-14(11-13)12-17-9-4-5-15(18-2)7-10-17/h13-16H,3-12H2,1-2H3. The number of hydrogen-bond donors (Lipinski definition) is 1. The normalized spacial score (nSPS) is 35.3. The van der Waals surface area contributed by atoms with Crippen LogP contribution in [0.1, 0.15) is 45.4 Å². The average molecular weight is 270 g/mol. The van der Waals surface area contributed by atoms with Crippen molar-refractivity contribution in [2.24, 2.45) is 5.92 Å². The molecule has 0 aromatic rings. The Balaban J connectivity index is 1.75. The van der Waals surface area contributed by atoms with Crippen molar-refractivity contribution in [3.63, 3.8) is 0 Å². The number of piperidine rings is 1. The molecule has 0 aliphatic carbocycles. The fourth-order valence-corrected chi connectivity index (χ4v) is 4.20. The first-order valence-electron chi connectivity index (χ1n) is 7.80. The third-order valence-corrected chi connectivity index (χ3v) is 5.90. The van der Waals surface area contributed by atoms with Gasteiger partial charge in [0.1, 0.15) is 0 Å². The largest absolute Gasteiger partial charge is 0.313 e. The predicted octanol–water partition coefficient (Wildman–Crippen LogP) is 2.98. The Hall–Kier alpha value is 0.270. The van der Waals surface area contributed by atoms with Crippen LogP contribution < -0.4 is 5.32 Å². The molecule has 3 atom stereocenters. The van der Waals surface area contributed by atoms with Crippen LogP contribution in [0.2, 0.25) is 0 Å². The van der Waals surface area contributed by atoms with Gasteiger partial charge in [-0.25, -0.2) is 0 Å². The minimum absolute atomic E-state index is 0.759. The SMILES string of the molecule is CCC1CCNC(CN2CCCC(SC)CC2)C1. The first kappa shape index (κ1) is 14.7. The highest BCUT2D eigenvalue weighted by Crippen LogP contribution is 2.23. The average Bonchev–Trinajstić information content (AvgIpc) is 2.64. The first-order chi connectivity index (χ1) is 8.81. The maximum atomic E-state index is 3.73. The molecular weight excluding hydrogens is 240 g/mol. The summed E-state index contributed by atoms with van der Waals surface area (Å²) in [7, 11) is 0. The molecule has 1 N–H and O–H groups in total. The molecule has 0 bridgehead atoms. The van der Waals surface area contributed by atoms with Crippen molar-refractivity contribution in [3.8, 4) is 0 Å². The van der Waals surface area contributed by atoms with Crippen molar-refractivity contribution >= 4 is 11.8 Å². The lowest BCUT2D eigenvalue weighted by atomic mass is 9.90. The zero-order valence-corrected chi connectivity index (χ0v) is 13.0. The van der Waals surface area contributed by atoms with Crippen LogP contribution in [0.25, 0.3) is 0 Å². The molecule has 0 radical (unpaired) electrons. The molecular formula is C15H30N2S. The van der Waals surface area contributed by atoms with E-state index in [1.165, 1.54) is 64.7 Å². The summed E-state index contributed by atoms with van der Waals surface area (Å²) in [6.45, 7) is 7.52. The maximum Gasteiger partial charge on any atom is 0.0197 e. The van der Waals surface area contributed by atoms with E-state index in [0.29, 0.717) is 0 Å². The molecule has 2 fully saturated rings. The highest BCUT2D eigenvalue weighted by atomic mass is 32.2. The lowest BCUT2D eigenvalue weighted by Gasteiger charge is -2.33. The minimum atomic E-state index is 0.759. The van der Waals surface area contributed by atoms with Gasteiger partial charge in [0.05, 0.1) is 0 Å². The van der Waals surface area contributed by atoms with Crippen LogP contribution in [-0.2, 0) is 0 Å². The van der Waals surface area contributed by atoms with Gasteiger partial charge in [-0.05, 0) is 63.9 Å². The van der Waals surface area contributed by atoms with Gasteiger partial charge in [-0.3, -0.25) is 0 Å². The van der Waals surface area contributed by atoms with E-state index >= 15 is 0 Å². The van der Waals surface area contributed by atoms with E-state index in [1.807, 2.05) is 0 Å². The topological polar surface area (TPSA) is 15.3 Å². The van der Waals surface area contributed by atoms with E-state index in [1.54, 1.807) is 0 Å². The van der Waals surface area contributed by atoms with Crippen molar-refractivity contribution in [1.29, 1.82) is 0 Å². The number of hydrogen-bond acceptors (Lipinski definition) is 3. The monoisotopic (exact) mass is 270 g/mol.